The lowest BCUT2D eigenvalue weighted by atomic mass is 9.91. The zero-order valence-corrected chi connectivity index (χ0v) is 22.2. The molecule has 0 saturated carbocycles. The molecule has 1 atom stereocenters. The third kappa shape index (κ3) is 3.34. The lowest BCUT2D eigenvalue weighted by molar-refractivity contribution is 0.721. The summed E-state index contributed by atoms with van der Waals surface area (Å²) in [7, 11) is 0. The molecule has 3 aromatic carbocycles. The monoisotopic (exact) mass is 532 g/mol. The van der Waals surface area contributed by atoms with Gasteiger partial charge in [0.15, 0.2) is 11.7 Å². The van der Waals surface area contributed by atoms with Crippen LogP contribution in [-0.4, -0.2) is 26.6 Å². The van der Waals surface area contributed by atoms with Crippen molar-refractivity contribution in [3.8, 4) is 0 Å². The van der Waals surface area contributed by atoms with Crippen LogP contribution in [0.1, 0.15) is 13.3 Å². The molecule has 8 nitrogen and oxygen atoms in total. The van der Waals surface area contributed by atoms with E-state index >= 15 is 0 Å². The van der Waals surface area contributed by atoms with Gasteiger partial charge in [0.25, 0.3) is 0 Å². The van der Waals surface area contributed by atoms with Crippen LogP contribution >= 0.6 is 0 Å². The Morgan fingerprint density at radius 3 is 1.80 bits per heavy atom. The SMILES string of the molecule is CC1C=CC2=C(C1)C1=Nc3[nH]c(c4ccccc34)Nc3[nH]c(c4ccccc34)N=c3[nH]c(c4ccccc34)=NC2=N1. The van der Waals surface area contributed by atoms with Gasteiger partial charge in [0.1, 0.15) is 34.2 Å². The molecule has 1 unspecified atom stereocenters. The average molecular weight is 533 g/mol. The topological polar surface area (TPSA) is 109 Å². The smallest absolute Gasteiger partial charge is 0.164 e. The highest BCUT2D eigenvalue weighted by atomic mass is 15.1. The van der Waals surface area contributed by atoms with Crippen molar-refractivity contribution in [2.45, 2.75) is 13.3 Å². The summed E-state index contributed by atoms with van der Waals surface area (Å²) in [4.78, 5) is 31.0. The standard InChI is InChI=1S/C33H24N8/c1-17-14-15-24-25(16-17)33-40-31-23-13-7-6-12-22(23)29(38-31)36-27-19-9-3-2-8-18(19)26(34-27)35-28-20-10-4-5-11-21(20)30(37-28)39-32(24)41-33/h2-15,17,34,36,38H,16H2,1H3,(H,35,37,39,40,41). The number of H-pyrrole nitrogens is 3. The number of hydrogen-bond acceptors (Lipinski definition) is 5. The number of aliphatic imine (C=N–C) groups is 2. The molecule has 4 N–H and O–H groups in total. The molecule has 5 heterocycles. The van der Waals surface area contributed by atoms with Crippen molar-refractivity contribution in [2.75, 3.05) is 5.32 Å². The Hall–Kier alpha value is -5.50. The average Bonchev–Trinajstić information content (AvgIpc) is 3.72. The number of nitrogens with one attached hydrogen (secondary N) is 4. The van der Waals surface area contributed by atoms with E-state index in [9.17, 15) is 0 Å². The summed E-state index contributed by atoms with van der Waals surface area (Å²) in [5.41, 5.74) is 3.62. The fourth-order valence-corrected chi connectivity index (χ4v) is 6.15. The van der Waals surface area contributed by atoms with Crippen molar-refractivity contribution in [1.82, 2.24) is 15.0 Å². The fraction of sp³-hybridized carbons (Fsp3) is 0.0909. The lowest BCUT2D eigenvalue weighted by Crippen LogP contribution is -2.13. The summed E-state index contributed by atoms with van der Waals surface area (Å²) in [5, 5.41) is 9.76. The van der Waals surface area contributed by atoms with Crippen LogP contribution in [-0.2, 0) is 0 Å². The van der Waals surface area contributed by atoms with Crippen molar-refractivity contribution < 1.29 is 0 Å². The molecule has 0 fully saturated rings. The van der Waals surface area contributed by atoms with Gasteiger partial charge in [0.2, 0.25) is 0 Å². The zero-order valence-electron chi connectivity index (χ0n) is 22.2. The summed E-state index contributed by atoms with van der Waals surface area (Å²) in [6.45, 7) is 2.22. The fourth-order valence-electron chi connectivity index (χ4n) is 6.15. The molecule has 41 heavy (non-hydrogen) atoms. The summed E-state index contributed by atoms with van der Waals surface area (Å²) in [5.74, 6) is 5.00. The summed E-state index contributed by atoms with van der Waals surface area (Å²) in [6.07, 6.45) is 5.23. The second kappa shape index (κ2) is 8.25. The number of benzene rings is 3. The maximum Gasteiger partial charge on any atom is 0.164 e. The van der Waals surface area contributed by atoms with Crippen molar-refractivity contribution >= 4 is 67.3 Å². The summed E-state index contributed by atoms with van der Waals surface area (Å²) in [6, 6.07) is 24.7. The molecule has 8 heteroatoms. The molecule has 0 spiro atoms. The predicted molar refractivity (Wildman–Crippen MR) is 165 cm³/mol. The highest BCUT2D eigenvalue weighted by Gasteiger charge is 2.28. The van der Waals surface area contributed by atoms with Gasteiger partial charge in [-0.3, -0.25) is 0 Å². The maximum atomic E-state index is 5.13. The van der Waals surface area contributed by atoms with Crippen molar-refractivity contribution in [3.63, 3.8) is 0 Å². The number of aromatic amines is 3. The zero-order chi connectivity index (χ0) is 27.1. The van der Waals surface area contributed by atoms with Gasteiger partial charge in [0.05, 0.1) is 0 Å². The normalized spacial score (nSPS) is 17.7. The number of nitrogens with zero attached hydrogens (tertiary/aromatic N) is 4. The van der Waals surface area contributed by atoms with Crippen LogP contribution in [0.4, 0.5) is 23.3 Å². The number of rotatable bonds is 0. The molecule has 0 saturated heterocycles. The molecule has 3 aliphatic rings. The van der Waals surface area contributed by atoms with E-state index in [1.165, 1.54) is 0 Å². The van der Waals surface area contributed by atoms with Crippen LogP contribution in [0.25, 0.3) is 32.3 Å². The quantitative estimate of drug-likeness (QED) is 0.170. The Kier molecular flexibility index (Phi) is 4.49. The van der Waals surface area contributed by atoms with Crippen molar-refractivity contribution in [1.29, 1.82) is 0 Å². The number of hydrogen-bond donors (Lipinski definition) is 4. The first-order valence-corrected chi connectivity index (χ1v) is 13.8. The van der Waals surface area contributed by atoms with Gasteiger partial charge < -0.3 is 20.3 Å². The largest absolute Gasteiger partial charge is 0.327 e. The Bertz CT molecular complexity index is 2340. The minimum absolute atomic E-state index is 0.395. The van der Waals surface area contributed by atoms with E-state index in [2.05, 4.69) is 75.7 Å². The molecule has 196 valence electrons. The molecule has 8 bridgehead atoms. The van der Waals surface area contributed by atoms with Gasteiger partial charge >= 0.3 is 0 Å². The van der Waals surface area contributed by atoms with Gasteiger partial charge in [0, 0.05) is 43.5 Å². The van der Waals surface area contributed by atoms with Gasteiger partial charge in [-0.1, -0.05) is 91.9 Å². The third-order valence-electron chi connectivity index (χ3n) is 8.14. The van der Waals surface area contributed by atoms with Crippen molar-refractivity contribution in [2.24, 2.45) is 25.9 Å². The van der Waals surface area contributed by atoms with Gasteiger partial charge in [-0.15, -0.1) is 0 Å². The molecule has 2 aliphatic heterocycles. The number of allylic oxidation sites excluding steroid dienone is 1. The van der Waals surface area contributed by atoms with Crippen LogP contribution in [0.2, 0.25) is 0 Å². The molecular formula is C33H24N8. The number of anilines is 2. The second-order valence-electron chi connectivity index (χ2n) is 10.8. The van der Waals surface area contributed by atoms with Crippen LogP contribution in [0.5, 0.6) is 0 Å². The minimum Gasteiger partial charge on any atom is -0.327 e. The van der Waals surface area contributed by atoms with Crippen LogP contribution < -0.4 is 16.3 Å². The molecule has 1 aliphatic carbocycles. The van der Waals surface area contributed by atoms with Gasteiger partial charge in [-0.25, -0.2) is 20.0 Å². The first-order chi connectivity index (χ1) is 20.2. The van der Waals surface area contributed by atoms with Gasteiger partial charge in [-0.2, -0.15) is 0 Å². The van der Waals surface area contributed by atoms with E-state index in [4.69, 9.17) is 20.0 Å². The summed E-state index contributed by atoms with van der Waals surface area (Å²) < 4.78 is 0. The van der Waals surface area contributed by atoms with E-state index in [1.54, 1.807) is 0 Å². The Balaban J connectivity index is 1.41. The first-order valence-electron chi connectivity index (χ1n) is 13.8. The molecule has 6 aromatic rings. The van der Waals surface area contributed by atoms with E-state index in [0.29, 0.717) is 17.6 Å². The molecular weight excluding hydrogens is 508 g/mol. The molecule has 3 aromatic heterocycles. The minimum atomic E-state index is 0.395. The Morgan fingerprint density at radius 2 is 1.15 bits per heavy atom. The summed E-state index contributed by atoms with van der Waals surface area (Å²) >= 11 is 0. The van der Waals surface area contributed by atoms with E-state index < -0.39 is 0 Å². The van der Waals surface area contributed by atoms with E-state index in [0.717, 1.165) is 84.1 Å². The first kappa shape index (κ1) is 22.3. The number of fused-ring (bicyclic) bond motifs is 18. The number of amidine groups is 2. The predicted octanol–water partition coefficient (Wildman–Crippen LogP) is 6.79. The highest BCUT2D eigenvalue weighted by Crippen LogP contribution is 2.39. The van der Waals surface area contributed by atoms with E-state index in [1.807, 2.05) is 36.4 Å². The second-order valence-corrected chi connectivity index (χ2v) is 10.8. The molecule has 9 rings (SSSR count). The van der Waals surface area contributed by atoms with Crippen molar-refractivity contribution in [3.05, 3.63) is 107 Å². The van der Waals surface area contributed by atoms with Crippen LogP contribution in [0.15, 0.2) is 116 Å². The maximum absolute atomic E-state index is 5.13. The van der Waals surface area contributed by atoms with E-state index in [-0.39, 0.29) is 0 Å². The van der Waals surface area contributed by atoms with Gasteiger partial charge in [-0.05, 0) is 12.3 Å². The molecule has 0 radical (unpaired) electrons. The Labute approximate surface area is 233 Å². The third-order valence-corrected chi connectivity index (χ3v) is 8.14. The van der Waals surface area contributed by atoms with Crippen LogP contribution in [0.3, 0.4) is 0 Å². The Morgan fingerprint density at radius 1 is 0.585 bits per heavy atom. The van der Waals surface area contributed by atoms with Crippen LogP contribution in [0, 0.1) is 5.92 Å². The lowest BCUT2D eigenvalue weighted by Gasteiger charge is -2.14. The molecule has 0 amide bonds. The number of aromatic nitrogens is 3. The highest BCUT2D eigenvalue weighted by molar-refractivity contribution is 6.23.